The summed E-state index contributed by atoms with van der Waals surface area (Å²) in [6.45, 7) is 4.20. The molecule has 23 heavy (non-hydrogen) atoms. The topological polar surface area (TPSA) is 87.2 Å². The van der Waals surface area contributed by atoms with Crippen molar-refractivity contribution in [2.75, 3.05) is 57.9 Å². The SMILES string of the molecule is CCOC(=O)N1CCN(C(=O)CN(C)C2CCS(=O)(=O)C2)CC1. The number of ether oxygens (including phenoxy) is 1. The summed E-state index contributed by atoms with van der Waals surface area (Å²) in [5.41, 5.74) is 0. The molecular weight excluding hydrogens is 322 g/mol. The Kier molecular flexibility index (Phi) is 5.85. The van der Waals surface area contributed by atoms with Crippen molar-refractivity contribution in [1.82, 2.24) is 14.7 Å². The molecule has 2 aliphatic rings. The van der Waals surface area contributed by atoms with Crippen molar-refractivity contribution >= 4 is 21.8 Å². The Bertz CT molecular complexity index is 543. The minimum Gasteiger partial charge on any atom is -0.450 e. The van der Waals surface area contributed by atoms with E-state index in [0.29, 0.717) is 39.2 Å². The third kappa shape index (κ3) is 4.81. The molecule has 2 amide bonds. The fourth-order valence-corrected chi connectivity index (χ4v) is 4.72. The molecule has 1 atom stereocenters. The van der Waals surface area contributed by atoms with Crippen LogP contribution in [0.3, 0.4) is 0 Å². The van der Waals surface area contributed by atoms with Gasteiger partial charge in [0.05, 0.1) is 24.7 Å². The fraction of sp³-hybridized carbons (Fsp3) is 0.857. The van der Waals surface area contributed by atoms with E-state index in [1.54, 1.807) is 23.8 Å². The van der Waals surface area contributed by atoms with Gasteiger partial charge in [0, 0.05) is 32.2 Å². The second kappa shape index (κ2) is 7.48. The van der Waals surface area contributed by atoms with Gasteiger partial charge in [-0.25, -0.2) is 13.2 Å². The van der Waals surface area contributed by atoms with Gasteiger partial charge in [-0.15, -0.1) is 0 Å². The minimum atomic E-state index is -2.95. The number of carbonyl (C=O) groups is 2. The van der Waals surface area contributed by atoms with Crippen LogP contribution >= 0.6 is 0 Å². The Morgan fingerprint density at radius 3 is 2.30 bits per heavy atom. The van der Waals surface area contributed by atoms with Gasteiger partial charge in [0.25, 0.3) is 0 Å². The lowest BCUT2D eigenvalue weighted by Crippen LogP contribution is -2.53. The smallest absolute Gasteiger partial charge is 0.409 e. The van der Waals surface area contributed by atoms with Crippen LogP contribution in [0.5, 0.6) is 0 Å². The van der Waals surface area contributed by atoms with Crippen molar-refractivity contribution in [2.24, 2.45) is 0 Å². The van der Waals surface area contributed by atoms with E-state index < -0.39 is 9.84 Å². The number of carbonyl (C=O) groups excluding carboxylic acids is 2. The quantitative estimate of drug-likeness (QED) is 0.675. The molecule has 0 spiro atoms. The van der Waals surface area contributed by atoms with Crippen LogP contribution in [0.4, 0.5) is 4.79 Å². The molecule has 0 aromatic rings. The molecule has 2 rings (SSSR count). The van der Waals surface area contributed by atoms with Crippen LogP contribution in [0, 0.1) is 0 Å². The molecule has 2 heterocycles. The van der Waals surface area contributed by atoms with E-state index >= 15 is 0 Å². The highest BCUT2D eigenvalue weighted by Gasteiger charge is 2.32. The number of likely N-dealkylation sites (N-methyl/N-ethyl adjacent to an activating group) is 1. The zero-order chi connectivity index (χ0) is 17.0. The predicted molar refractivity (Wildman–Crippen MR) is 84.9 cm³/mol. The first-order valence-electron chi connectivity index (χ1n) is 7.92. The lowest BCUT2D eigenvalue weighted by atomic mass is 10.2. The molecule has 0 aromatic heterocycles. The van der Waals surface area contributed by atoms with Crippen LogP contribution in [-0.4, -0.2) is 99.0 Å². The van der Waals surface area contributed by atoms with E-state index in [9.17, 15) is 18.0 Å². The summed E-state index contributed by atoms with van der Waals surface area (Å²) < 4.78 is 28.0. The summed E-state index contributed by atoms with van der Waals surface area (Å²) >= 11 is 0. The molecule has 9 heteroatoms. The van der Waals surface area contributed by atoms with Crippen molar-refractivity contribution < 1.29 is 22.7 Å². The largest absolute Gasteiger partial charge is 0.450 e. The van der Waals surface area contributed by atoms with Crippen molar-refractivity contribution in [2.45, 2.75) is 19.4 Å². The van der Waals surface area contributed by atoms with Crippen LogP contribution in [0.15, 0.2) is 0 Å². The number of rotatable bonds is 4. The van der Waals surface area contributed by atoms with E-state index in [0.717, 1.165) is 0 Å². The second-order valence-corrected chi connectivity index (χ2v) is 8.27. The van der Waals surface area contributed by atoms with E-state index in [4.69, 9.17) is 4.74 Å². The lowest BCUT2D eigenvalue weighted by Gasteiger charge is -2.35. The second-order valence-electron chi connectivity index (χ2n) is 6.04. The van der Waals surface area contributed by atoms with Gasteiger partial charge in [-0.05, 0) is 20.4 Å². The normalized spacial score (nSPS) is 24.0. The monoisotopic (exact) mass is 347 g/mol. The van der Waals surface area contributed by atoms with Crippen molar-refractivity contribution in [1.29, 1.82) is 0 Å². The number of piperazine rings is 1. The van der Waals surface area contributed by atoms with Gasteiger partial charge >= 0.3 is 6.09 Å². The summed E-state index contributed by atoms with van der Waals surface area (Å²) in [5, 5.41) is 0. The molecule has 2 fully saturated rings. The van der Waals surface area contributed by atoms with Gasteiger partial charge in [0.1, 0.15) is 0 Å². The summed E-state index contributed by atoms with van der Waals surface area (Å²) in [6.07, 6.45) is 0.246. The fourth-order valence-electron chi connectivity index (χ4n) is 2.92. The highest BCUT2D eigenvalue weighted by Crippen LogP contribution is 2.16. The maximum Gasteiger partial charge on any atom is 0.409 e. The molecule has 0 bridgehead atoms. The van der Waals surface area contributed by atoms with Gasteiger partial charge in [-0.2, -0.15) is 0 Å². The maximum atomic E-state index is 12.3. The van der Waals surface area contributed by atoms with Gasteiger partial charge < -0.3 is 14.5 Å². The molecule has 2 saturated heterocycles. The summed E-state index contributed by atoms with van der Waals surface area (Å²) in [7, 11) is -1.16. The van der Waals surface area contributed by atoms with Crippen LogP contribution in [-0.2, 0) is 19.4 Å². The van der Waals surface area contributed by atoms with Crippen LogP contribution in [0.1, 0.15) is 13.3 Å². The Morgan fingerprint density at radius 2 is 1.78 bits per heavy atom. The first kappa shape index (κ1) is 18.0. The molecule has 0 aliphatic carbocycles. The third-order valence-corrected chi connectivity index (χ3v) is 6.13. The zero-order valence-corrected chi connectivity index (χ0v) is 14.5. The summed E-state index contributed by atoms with van der Waals surface area (Å²) in [5.74, 6) is 0.308. The van der Waals surface area contributed by atoms with E-state index in [1.165, 1.54) is 0 Å². The summed E-state index contributed by atoms with van der Waals surface area (Å²) in [6, 6.07) is -0.0789. The standard InChI is InChI=1S/C14H25N3O5S/c1-3-22-14(19)17-7-5-16(6-8-17)13(18)10-15(2)12-4-9-23(20,21)11-12/h12H,3-11H2,1-2H3. The molecular formula is C14H25N3O5S. The molecule has 2 aliphatic heterocycles. The van der Waals surface area contributed by atoms with Gasteiger partial charge in [0.15, 0.2) is 9.84 Å². The first-order valence-corrected chi connectivity index (χ1v) is 9.74. The molecule has 0 saturated carbocycles. The first-order chi connectivity index (χ1) is 10.8. The number of nitrogens with zero attached hydrogens (tertiary/aromatic N) is 3. The Balaban J connectivity index is 1.78. The van der Waals surface area contributed by atoms with Gasteiger partial charge in [0.2, 0.25) is 5.91 Å². The number of hydrogen-bond donors (Lipinski definition) is 0. The third-order valence-electron chi connectivity index (χ3n) is 4.37. The number of hydrogen-bond acceptors (Lipinski definition) is 6. The van der Waals surface area contributed by atoms with Crippen molar-refractivity contribution in [3.05, 3.63) is 0 Å². The van der Waals surface area contributed by atoms with Crippen molar-refractivity contribution in [3.63, 3.8) is 0 Å². The molecule has 8 nitrogen and oxygen atoms in total. The maximum absolute atomic E-state index is 12.3. The predicted octanol–water partition coefficient (Wildman–Crippen LogP) is -0.594. The molecule has 132 valence electrons. The number of amides is 2. The minimum absolute atomic E-state index is 0.0275. The Hall–Kier alpha value is -1.35. The molecule has 0 aromatic carbocycles. The van der Waals surface area contributed by atoms with Crippen LogP contribution < -0.4 is 0 Å². The molecule has 0 radical (unpaired) electrons. The van der Waals surface area contributed by atoms with E-state index in [1.807, 2.05) is 4.90 Å². The van der Waals surface area contributed by atoms with Crippen LogP contribution in [0.25, 0.3) is 0 Å². The van der Waals surface area contributed by atoms with Crippen LogP contribution in [0.2, 0.25) is 0 Å². The number of sulfone groups is 1. The lowest BCUT2D eigenvalue weighted by molar-refractivity contribution is -0.134. The highest BCUT2D eigenvalue weighted by molar-refractivity contribution is 7.91. The average Bonchev–Trinajstić information content (AvgIpc) is 2.88. The van der Waals surface area contributed by atoms with Gasteiger partial charge in [-0.1, -0.05) is 0 Å². The van der Waals surface area contributed by atoms with E-state index in [2.05, 4.69) is 0 Å². The Morgan fingerprint density at radius 1 is 1.17 bits per heavy atom. The van der Waals surface area contributed by atoms with Gasteiger partial charge in [-0.3, -0.25) is 9.69 Å². The zero-order valence-electron chi connectivity index (χ0n) is 13.7. The molecule has 0 N–H and O–H groups in total. The summed E-state index contributed by atoms with van der Waals surface area (Å²) in [4.78, 5) is 29.1. The van der Waals surface area contributed by atoms with E-state index in [-0.39, 0.29) is 36.1 Å². The van der Waals surface area contributed by atoms with Crippen molar-refractivity contribution in [3.8, 4) is 0 Å². The Labute approximate surface area is 137 Å². The molecule has 1 unspecified atom stereocenters. The average molecular weight is 347 g/mol. The highest BCUT2D eigenvalue weighted by atomic mass is 32.2.